The molecule has 1 fully saturated rings. The zero-order chi connectivity index (χ0) is 19.7. The van der Waals surface area contributed by atoms with Crippen LogP contribution in [0.4, 0.5) is 5.82 Å². The van der Waals surface area contributed by atoms with Crippen LogP contribution < -0.4 is 5.32 Å². The third-order valence-electron chi connectivity index (χ3n) is 5.25. The molecule has 0 unspecified atom stereocenters. The summed E-state index contributed by atoms with van der Waals surface area (Å²) in [6.07, 6.45) is 3.83. The SMILES string of the molecule is Cc1cccc(CNc2ncnc3sc(C(=O)N4CCC[C@@H](C)C4)c(C)c23)n1. The van der Waals surface area contributed by atoms with Crippen LogP contribution in [0.2, 0.25) is 0 Å². The van der Waals surface area contributed by atoms with E-state index in [4.69, 9.17) is 0 Å². The van der Waals surface area contributed by atoms with E-state index in [9.17, 15) is 4.79 Å². The Morgan fingerprint density at radius 1 is 1.32 bits per heavy atom. The number of aryl methyl sites for hydroxylation is 2. The fourth-order valence-corrected chi connectivity index (χ4v) is 4.92. The Bertz CT molecular complexity index is 1020. The first-order valence-electron chi connectivity index (χ1n) is 9.72. The molecule has 146 valence electrons. The molecule has 4 rings (SSSR count). The molecule has 3 aromatic rings. The average Bonchev–Trinajstić information content (AvgIpc) is 3.03. The normalized spacial score (nSPS) is 17.1. The Kier molecular flexibility index (Phi) is 5.26. The number of fused-ring (bicyclic) bond motifs is 1. The molecular weight excluding hydrogens is 370 g/mol. The number of rotatable bonds is 4. The van der Waals surface area contributed by atoms with Gasteiger partial charge >= 0.3 is 0 Å². The van der Waals surface area contributed by atoms with Crippen LogP contribution in [0.1, 0.15) is 46.4 Å². The molecule has 0 radical (unpaired) electrons. The minimum absolute atomic E-state index is 0.123. The van der Waals surface area contributed by atoms with Crippen LogP contribution in [-0.2, 0) is 6.54 Å². The van der Waals surface area contributed by atoms with E-state index in [2.05, 4.69) is 27.2 Å². The van der Waals surface area contributed by atoms with Crippen LogP contribution >= 0.6 is 11.3 Å². The van der Waals surface area contributed by atoms with Gasteiger partial charge in [0.05, 0.1) is 22.5 Å². The van der Waals surface area contributed by atoms with Gasteiger partial charge in [-0.05, 0) is 50.3 Å². The maximum Gasteiger partial charge on any atom is 0.264 e. The van der Waals surface area contributed by atoms with E-state index >= 15 is 0 Å². The first-order chi connectivity index (χ1) is 13.5. The number of nitrogens with one attached hydrogen (secondary N) is 1. The molecule has 0 bridgehead atoms. The van der Waals surface area contributed by atoms with Crippen molar-refractivity contribution >= 4 is 33.3 Å². The number of thiophene rings is 1. The Balaban J connectivity index is 1.62. The first kappa shape index (κ1) is 18.8. The second kappa shape index (κ2) is 7.83. The molecule has 3 aromatic heterocycles. The standard InChI is InChI=1S/C21H25N5OS/c1-13-6-5-9-26(11-13)21(27)18-15(3)17-19(23-12-24-20(17)28-18)22-10-16-8-4-7-14(2)25-16/h4,7-8,12-13H,5-6,9-11H2,1-3H3,(H,22,23,24)/t13-/m1/s1. The highest BCUT2D eigenvalue weighted by Gasteiger charge is 2.26. The van der Waals surface area contributed by atoms with Gasteiger partial charge in [-0.15, -0.1) is 11.3 Å². The Morgan fingerprint density at radius 3 is 2.96 bits per heavy atom. The number of aromatic nitrogens is 3. The lowest BCUT2D eigenvalue weighted by Gasteiger charge is -2.30. The summed E-state index contributed by atoms with van der Waals surface area (Å²) in [5, 5.41) is 4.32. The predicted molar refractivity (Wildman–Crippen MR) is 113 cm³/mol. The van der Waals surface area contributed by atoms with E-state index in [1.54, 1.807) is 6.33 Å². The van der Waals surface area contributed by atoms with Crippen LogP contribution in [0.25, 0.3) is 10.2 Å². The van der Waals surface area contributed by atoms with Crippen molar-refractivity contribution in [2.24, 2.45) is 5.92 Å². The number of carbonyl (C=O) groups is 1. The maximum absolute atomic E-state index is 13.1. The Hall–Kier alpha value is -2.54. The third kappa shape index (κ3) is 3.71. The molecule has 1 aliphatic heterocycles. The number of nitrogens with zero attached hydrogens (tertiary/aromatic N) is 4. The summed E-state index contributed by atoms with van der Waals surface area (Å²) < 4.78 is 0. The van der Waals surface area contributed by atoms with Crippen LogP contribution in [-0.4, -0.2) is 38.8 Å². The van der Waals surface area contributed by atoms with Gasteiger partial charge in [0.25, 0.3) is 5.91 Å². The van der Waals surface area contributed by atoms with E-state index in [0.717, 1.165) is 57.4 Å². The topological polar surface area (TPSA) is 71.0 Å². The van der Waals surface area contributed by atoms with Crippen molar-refractivity contribution in [3.63, 3.8) is 0 Å². The number of hydrogen-bond donors (Lipinski definition) is 1. The third-order valence-corrected chi connectivity index (χ3v) is 6.44. The van der Waals surface area contributed by atoms with Crippen molar-refractivity contribution in [1.29, 1.82) is 0 Å². The molecule has 6 nitrogen and oxygen atoms in total. The van der Waals surface area contributed by atoms with Crippen LogP contribution in [0.3, 0.4) is 0 Å². The molecule has 0 aliphatic carbocycles. The number of carbonyl (C=O) groups excluding carboxylic acids is 1. The summed E-state index contributed by atoms with van der Waals surface area (Å²) in [5.74, 6) is 1.44. The summed E-state index contributed by atoms with van der Waals surface area (Å²) in [6.45, 7) is 8.45. The lowest BCUT2D eigenvalue weighted by molar-refractivity contribution is 0.0687. The highest BCUT2D eigenvalue weighted by molar-refractivity contribution is 7.20. The molecular formula is C21H25N5OS. The van der Waals surface area contributed by atoms with Crippen molar-refractivity contribution < 1.29 is 4.79 Å². The Morgan fingerprint density at radius 2 is 2.18 bits per heavy atom. The molecule has 0 spiro atoms. The minimum Gasteiger partial charge on any atom is -0.364 e. The van der Waals surface area contributed by atoms with Gasteiger partial charge in [0.15, 0.2) is 0 Å². The van der Waals surface area contributed by atoms with Gasteiger partial charge in [0.1, 0.15) is 17.0 Å². The second-order valence-electron chi connectivity index (χ2n) is 7.58. The van der Waals surface area contributed by atoms with Crippen molar-refractivity contribution in [1.82, 2.24) is 19.9 Å². The number of amides is 1. The van der Waals surface area contributed by atoms with Gasteiger partial charge in [-0.2, -0.15) is 0 Å². The zero-order valence-corrected chi connectivity index (χ0v) is 17.3. The highest BCUT2D eigenvalue weighted by Crippen LogP contribution is 2.34. The monoisotopic (exact) mass is 395 g/mol. The van der Waals surface area contributed by atoms with Crippen molar-refractivity contribution in [2.75, 3.05) is 18.4 Å². The van der Waals surface area contributed by atoms with Crippen LogP contribution in [0.15, 0.2) is 24.5 Å². The quantitative estimate of drug-likeness (QED) is 0.717. The number of hydrogen-bond acceptors (Lipinski definition) is 6. The van der Waals surface area contributed by atoms with Gasteiger partial charge in [0.2, 0.25) is 0 Å². The molecule has 1 aliphatic rings. The number of likely N-dealkylation sites (tertiary alicyclic amines) is 1. The predicted octanol–water partition coefficient (Wildman–Crippen LogP) is 4.19. The summed E-state index contributed by atoms with van der Waals surface area (Å²) in [6, 6.07) is 5.97. The summed E-state index contributed by atoms with van der Waals surface area (Å²) >= 11 is 1.47. The lowest BCUT2D eigenvalue weighted by atomic mass is 10.00. The molecule has 0 aromatic carbocycles. The van der Waals surface area contributed by atoms with Crippen molar-refractivity contribution in [2.45, 2.75) is 40.2 Å². The second-order valence-corrected chi connectivity index (χ2v) is 8.58. The molecule has 1 atom stereocenters. The fraction of sp³-hybridized carbons (Fsp3) is 0.429. The first-order valence-corrected chi connectivity index (χ1v) is 10.5. The molecule has 0 saturated carbocycles. The molecule has 1 amide bonds. The largest absolute Gasteiger partial charge is 0.364 e. The van der Waals surface area contributed by atoms with Crippen LogP contribution in [0, 0.1) is 19.8 Å². The lowest BCUT2D eigenvalue weighted by Crippen LogP contribution is -2.38. The molecule has 1 saturated heterocycles. The van der Waals surface area contributed by atoms with Gasteiger partial charge in [0, 0.05) is 18.8 Å². The average molecular weight is 396 g/mol. The van der Waals surface area contributed by atoms with Crippen LogP contribution in [0.5, 0.6) is 0 Å². The van der Waals surface area contributed by atoms with E-state index < -0.39 is 0 Å². The molecule has 4 heterocycles. The highest BCUT2D eigenvalue weighted by atomic mass is 32.1. The van der Waals surface area contributed by atoms with Gasteiger partial charge < -0.3 is 10.2 Å². The molecule has 28 heavy (non-hydrogen) atoms. The van der Waals surface area contributed by atoms with Gasteiger partial charge in [-0.3, -0.25) is 9.78 Å². The van der Waals surface area contributed by atoms with E-state index in [-0.39, 0.29) is 5.91 Å². The fourth-order valence-electron chi connectivity index (χ4n) is 3.80. The van der Waals surface area contributed by atoms with Gasteiger partial charge in [-0.25, -0.2) is 9.97 Å². The van der Waals surface area contributed by atoms with E-state index in [0.29, 0.717) is 12.5 Å². The van der Waals surface area contributed by atoms with Gasteiger partial charge in [-0.1, -0.05) is 13.0 Å². The van der Waals surface area contributed by atoms with E-state index in [1.807, 2.05) is 36.9 Å². The number of pyridine rings is 1. The smallest absolute Gasteiger partial charge is 0.264 e. The zero-order valence-electron chi connectivity index (χ0n) is 16.5. The molecule has 7 heteroatoms. The summed E-state index contributed by atoms with van der Waals surface area (Å²) in [7, 11) is 0. The maximum atomic E-state index is 13.1. The Labute approximate surface area is 169 Å². The summed E-state index contributed by atoms with van der Waals surface area (Å²) in [5.41, 5.74) is 2.91. The summed E-state index contributed by atoms with van der Waals surface area (Å²) in [4.78, 5) is 30.1. The number of anilines is 1. The molecule has 1 N–H and O–H groups in total. The number of piperidine rings is 1. The van der Waals surface area contributed by atoms with Crippen molar-refractivity contribution in [3.05, 3.63) is 46.4 Å². The van der Waals surface area contributed by atoms with Crippen molar-refractivity contribution in [3.8, 4) is 0 Å². The van der Waals surface area contributed by atoms with E-state index in [1.165, 1.54) is 17.8 Å². The minimum atomic E-state index is 0.123.